The molecule has 3 heterocycles. The van der Waals surface area contributed by atoms with Gasteiger partial charge in [-0.05, 0) is 25.0 Å². The molecule has 0 N–H and O–H groups in total. The molecule has 3 fully saturated rings. The Balaban J connectivity index is 1.33. The lowest BCUT2D eigenvalue weighted by atomic mass is 10.1. The van der Waals surface area contributed by atoms with Crippen LogP contribution in [-0.4, -0.2) is 64.8 Å². The van der Waals surface area contributed by atoms with E-state index in [0.717, 1.165) is 49.9 Å². The Kier molecular flexibility index (Phi) is 4.17. The summed E-state index contributed by atoms with van der Waals surface area (Å²) in [6, 6.07) is 3.99. The number of likely N-dealkylation sites (tertiary alicyclic amines) is 1. The van der Waals surface area contributed by atoms with Crippen LogP contribution in [0.4, 0.5) is 0 Å². The summed E-state index contributed by atoms with van der Waals surface area (Å²) >= 11 is 7.60. The van der Waals surface area contributed by atoms with E-state index >= 15 is 0 Å². The maximum Gasteiger partial charge on any atom is 0.247 e. The average Bonchev–Trinajstić information content (AvgIpc) is 3.21. The van der Waals surface area contributed by atoms with Gasteiger partial charge in [-0.2, -0.15) is 0 Å². The fourth-order valence-corrected chi connectivity index (χ4v) is 4.66. The number of rotatable bonds is 4. The van der Waals surface area contributed by atoms with Crippen LogP contribution in [0.3, 0.4) is 0 Å². The molecule has 2 aliphatic heterocycles. The monoisotopic (exact) mass is 353 g/mol. The van der Waals surface area contributed by atoms with E-state index in [9.17, 15) is 9.59 Å². The first kappa shape index (κ1) is 15.6. The number of thiophene rings is 1. The fourth-order valence-electron chi connectivity index (χ4n) is 3.53. The molecule has 1 unspecified atom stereocenters. The molecule has 0 aromatic carbocycles. The first-order chi connectivity index (χ1) is 11.1. The summed E-state index contributed by atoms with van der Waals surface area (Å²) in [5, 5.41) is 0. The van der Waals surface area contributed by atoms with Crippen LogP contribution >= 0.6 is 22.9 Å². The van der Waals surface area contributed by atoms with Gasteiger partial charge in [0.05, 0.1) is 16.8 Å². The van der Waals surface area contributed by atoms with E-state index in [1.807, 2.05) is 6.07 Å². The Morgan fingerprint density at radius 1 is 1.13 bits per heavy atom. The third-order valence-electron chi connectivity index (χ3n) is 4.93. The standard InChI is InChI=1S/C16H20ClN3O2S/c17-14-4-3-12(23-14)10-18-5-7-19(8-6-18)13-9-15(21)20(16(13)22)11-1-2-11/h3-4,11,13H,1-2,5-10H2. The molecule has 0 spiro atoms. The quantitative estimate of drug-likeness (QED) is 0.774. The molecule has 7 heteroatoms. The number of hydrogen-bond acceptors (Lipinski definition) is 5. The minimum Gasteiger partial charge on any atom is -0.296 e. The van der Waals surface area contributed by atoms with Crippen molar-refractivity contribution in [1.29, 1.82) is 0 Å². The summed E-state index contributed by atoms with van der Waals surface area (Å²) in [7, 11) is 0. The maximum absolute atomic E-state index is 12.5. The van der Waals surface area contributed by atoms with E-state index in [4.69, 9.17) is 11.6 Å². The Morgan fingerprint density at radius 2 is 1.87 bits per heavy atom. The molecular formula is C16H20ClN3O2S. The van der Waals surface area contributed by atoms with Crippen molar-refractivity contribution in [1.82, 2.24) is 14.7 Å². The van der Waals surface area contributed by atoms with Crippen molar-refractivity contribution in [3.63, 3.8) is 0 Å². The van der Waals surface area contributed by atoms with Crippen molar-refractivity contribution in [3.8, 4) is 0 Å². The van der Waals surface area contributed by atoms with Crippen LogP contribution in [0.25, 0.3) is 0 Å². The van der Waals surface area contributed by atoms with Crippen LogP contribution in [-0.2, 0) is 16.1 Å². The summed E-state index contributed by atoms with van der Waals surface area (Å²) in [4.78, 5) is 32.0. The second kappa shape index (κ2) is 6.16. The van der Waals surface area contributed by atoms with Gasteiger partial charge in [0, 0.05) is 43.6 Å². The van der Waals surface area contributed by atoms with Crippen LogP contribution in [0.15, 0.2) is 12.1 Å². The van der Waals surface area contributed by atoms with Crippen LogP contribution in [0.5, 0.6) is 0 Å². The normalized spacial score (nSPS) is 27.2. The summed E-state index contributed by atoms with van der Waals surface area (Å²) in [5.74, 6) is 0.0640. The highest BCUT2D eigenvalue weighted by Gasteiger charge is 2.48. The van der Waals surface area contributed by atoms with Gasteiger partial charge in [0.2, 0.25) is 11.8 Å². The molecule has 1 aromatic rings. The minimum atomic E-state index is -0.221. The topological polar surface area (TPSA) is 43.9 Å². The van der Waals surface area contributed by atoms with Gasteiger partial charge in [0.15, 0.2) is 0 Å². The molecule has 4 rings (SSSR count). The van der Waals surface area contributed by atoms with Crippen molar-refractivity contribution in [2.45, 2.75) is 37.9 Å². The summed E-state index contributed by atoms with van der Waals surface area (Å²) in [5.41, 5.74) is 0. The SMILES string of the molecule is O=C1CC(N2CCN(Cc3ccc(Cl)s3)CC2)C(=O)N1C1CC1. The zero-order valence-electron chi connectivity index (χ0n) is 12.9. The lowest BCUT2D eigenvalue weighted by molar-refractivity contribution is -0.140. The summed E-state index contributed by atoms with van der Waals surface area (Å²) in [6.45, 7) is 4.47. The van der Waals surface area contributed by atoms with Gasteiger partial charge in [-0.3, -0.25) is 24.3 Å². The highest BCUT2D eigenvalue weighted by Crippen LogP contribution is 2.33. The number of amides is 2. The summed E-state index contributed by atoms with van der Waals surface area (Å²) in [6.07, 6.45) is 2.35. The third-order valence-corrected chi connectivity index (χ3v) is 6.14. The van der Waals surface area contributed by atoms with Crippen molar-refractivity contribution < 1.29 is 9.59 Å². The number of piperazine rings is 1. The van der Waals surface area contributed by atoms with Gasteiger partial charge >= 0.3 is 0 Å². The van der Waals surface area contributed by atoms with Crippen molar-refractivity contribution in [2.75, 3.05) is 26.2 Å². The van der Waals surface area contributed by atoms with E-state index in [1.54, 1.807) is 11.3 Å². The van der Waals surface area contributed by atoms with Gasteiger partial charge in [-0.25, -0.2) is 0 Å². The number of carbonyl (C=O) groups excluding carboxylic acids is 2. The zero-order valence-corrected chi connectivity index (χ0v) is 14.5. The van der Waals surface area contributed by atoms with Crippen molar-refractivity contribution >= 4 is 34.8 Å². The van der Waals surface area contributed by atoms with E-state index in [0.29, 0.717) is 6.42 Å². The molecule has 2 saturated heterocycles. The first-order valence-corrected chi connectivity index (χ1v) is 9.38. The largest absolute Gasteiger partial charge is 0.296 e. The molecular weight excluding hydrogens is 334 g/mol. The Hall–Kier alpha value is -0.950. The molecule has 1 aliphatic carbocycles. The first-order valence-electron chi connectivity index (χ1n) is 8.18. The Labute approximate surface area is 144 Å². The van der Waals surface area contributed by atoms with Crippen molar-refractivity contribution in [2.24, 2.45) is 0 Å². The van der Waals surface area contributed by atoms with Crippen LogP contribution in [0, 0.1) is 0 Å². The predicted octanol–water partition coefficient (Wildman–Crippen LogP) is 1.81. The van der Waals surface area contributed by atoms with E-state index in [-0.39, 0.29) is 23.9 Å². The molecule has 0 bridgehead atoms. The second-order valence-corrected chi connectivity index (χ2v) is 8.37. The zero-order chi connectivity index (χ0) is 16.0. The van der Waals surface area contributed by atoms with Crippen LogP contribution in [0.2, 0.25) is 4.34 Å². The maximum atomic E-state index is 12.5. The van der Waals surface area contributed by atoms with E-state index < -0.39 is 0 Å². The van der Waals surface area contributed by atoms with Gasteiger partial charge in [0.1, 0.15) is 0 Å². The molecule has 1 saturated carbocycles. The number of imide groups is 1. The molecule has 124 valence electrons. The molecule has 2 amide bonds. The Bertz CT molecular complexity index is 623. The molecule has 0 radical (unpaired) electrons. The van der Waals surface area contributed by atoms with E-state index in [1.165, 1.54) is 9.78 Å². The highest BCUT2D eigenvalue weighted by molar-refractivity contribution is 7.16. The average molecular weight is 354 g/mol. The highest BCUT2D eigenvalue weighted by atomic mass is 35.5. The molecule has 1 atom stereocenters. The van der Waals surface area contributed by atoms with Gasteiger partial charge in [-0.1, -0.05) is 11.6 Å². The number of hydrogen-bond donors (Lipinski definition) is 0. The van der Waals surface area contributed by atoms with Crippen LogP contribution in [0.1, 0.15) is 24.1 Å². The number of halogens is 1. The molecule has 23 heavy (non-hydrogen) atoms. The van der Waals surface area contributed by atoms with Crippen molar-refractivity contribution in [3.05, 3.63) is 21.3 Å². The lowest BCUT2D eigenvalue weighted by Gasteiger charge is -2.36. The van der Waals surface area contributed by atoms with Gasteiger partial charge < -0.3 is 0 Å². The minimum absolute atomic E-state index is 0.0261. The van der Waals surface area contributed by atoms with Crippen LogP contribution < -0.4 is 0 Å². The fraction of sp³-hybridized carbons (Fsp3) is 0.625. The smallest absolute Gasteiger partial charge is 0.247 e. The second-order valence-electron chi connectivity index (χ2n) is 6.57. The molecule has 5 nitrogen and oxygen atoms in total. The predicted molar refractivity (Wildman–Crippen MR) is 89.5 cm³/mol. The third kappa shape index (κ3) is 3.18. The number of carbonyl (C=O) groups is 2. The molecule has 1 aromatic heterocycles. The van der Waals surface area contributed by atoms with Gasteiger partial charge in [0.25, 0.3) is 0 Å². The lowest BCUT2D eigenvalue weighted by Crippen LogP contribution is -2.52. The van der Waals surface area contributed by atoms with Gasteiger partial charge in [-0.15, -0.1) is 11.3 Å². The summed E-state index contributed by atoms with van der Waals surface area (Å²) < 4.78 is 0.828. The Morgan fingerprint density at radius 3 is 2.48 bits per heavy atom. The molecule has 3 aliphatic rings. The number of nitrogens with zero attached hydrogens (tertiary/aromatic N) is 3. The van der Waals surface area contributed by atoms with E-state index in [2.05, 4.69) is 15.9 Å².